The highest BCUT2D eigenvalue weighted by atomic mass is 35.5. The monoisotopic (exact) mass is 325 g/mol. The van der Waals surface area contributed by atoms with Crippen LogP contribution in [0.3, 0.4) is 0 Å². The predicted molar refractivity (Wildman–Crippen MR) is 89.1 cm³/mol. The summed E-state index contributed by atoms with van der Waals surface area (Å²) in [6.07, 6.45) is 0. The van der Waals surface area contributed by atoms with Gasteiger partial charge in [-0.25, -0.2) is 0 Å². The van der Waals surface area contributed by atoms with Crippen molar-refractivity contribution in [3.8, 4) is 0 Å². The van der Waals surface area contributed by atoms with E-state index < -0.39 is 0 Å². The average Bonchev–Trinajstić information content (AvgIpc) is 2.43. The van der Waals surface area contributed by atoms with Crippen LogP contribution in [-0.2, 0) is 11.3 Å². The first-order valence-electron chi connectivity index (χ1n) is 7.47. The molecule has 0 aromatic heterocycles. The van der Waals surface area contributed by atoms with Gasteiger partial charge in [0.2, 0.25) is 5.91 Å². The van der Waals surface area contributed by atoms with Gasteiger partial charge in [0.15, 0.2) is 0 Å². The molecule has 1 aliphatic rings. The van der Waals surface area contributed by atoms with Crippen LogP contribution in [0, 0.1) is 11.8 Å². The summed E-state index contributed by atoms with van der Waals surface area (Å²) in [4.78, 5) is 23.6. The molecule has 0 spiro atoms. The van der Waals surface area contributed by atoms with E-state index >= 15 is 0 Å². The molecule has 5 nitrogen and oxygen atoms in total. The molecule has 0 saturated carbocycles. The van der Waals surface area contributed by atoms with Gasteiger partial charge >= 0.3 is 0 Å². The maximum Gasteiger partial charge on any atom is 0.251 e. The molecular weight excluding hydrogens is 302 g/mol. The second-order valence-corrected chi connectivity index (χ2v) is 5.48. The van der Waals surface area contributed by atoms with E-state index in [-0.39, 0.29) is 30.1 Å². The number of rotatable bonds is 6. The van der Waals surface area contributed by atoms with Gasteiger partial charge in [0.25, 0.3) is 5.91 Å². The van der Waals surface area contributed by atoms with E-state index in [2.05, 4.69) is 16.0 Å². The smallest absolute Gasteiger partial charge is 0.251 e. The quantitative estimate of drug-likeness (QED) is 0.739. The number of carbonyl (C=O) groups is 2. The largest absolute Gasteiger partial charge is 0.352 e. The molecule has 1 atom stereocenters. The molecule has 1 aliphatic heterocycles. The fraction of sp³-hybridized carbons (Fsp3) is 0.500. The van der Waals surface area contributed by atoms with Crippen molar-refractivity contribution >= 4 is 24.2 Å². The second-order valence-electron chi connectivity index (χ2n) is 5.48. The summed E-state index contributed by atoms with van der Waals surface area (Å²) in [5.74, 6) is 0.513. The number of carbonyl (C=O) groups excluding carboxylic acids is 2. The first-order valence-corrected chi connectivity index (χ1v) is 7.47. The number of hydrogen-bond acceptors (Lipinski definition) is 3. The van der Waals surface area contributed by atoms with Gasteiger partial charge in [-0.15, -0.1) is 12.4 Å². The molecule has 1 aromatic carbocycles. The van der Waals surface area contributed by atoms with Crippen molar-refractivity contribution in [2.45, 2.75) is 20.4 Å². The minimum Gasteiger partial charge on any atom is -0.352 e. The van der Waals surface area contributed by atoms with Crippen molar-refractivity contribution in [3.05, 3.63) is 35.4 Å². The molecule has 122 valence electrons. The maximum atomic E-state index is 12.0. The Kier molecular flexibility index (Phi) is 7.35. The van der Waals surface area contributed by atoms with Crippen LogP contribution in [0.1, 0.15) is 29.8 Å². The van der Waals surface area contributed by atoms with Crippen LogP contribution in [0.5, 0.6) is 0 Å². The zero-order valence-corrected chi connectivity index (χ0v) is 13.8. The highest BCUT2D eigenvalue weighted by Gasteiger charge is 2.28. The minimum atomic E-state index is -0.0702. The van der Waals surface area contributed by atoms with Crippen LogP contribution in [0.4, 0.5) is 0 Å². The Morgan fingerprint density at radius 2 is 1.86 bits per heavy atom. The van der Waals surface area contributed by atoms with Gasteiger partial charge in [-0.2, -0.15) is 0 Å². The van der Waals surface area contributed by atoms with E-state index in [9.17, 15) is 9.59 Å². The Bertz CT molecular complexity index is 501. The molecule has 0 bridgehead atoms. The number of hydrogen-bond donors (Lipinski definition) is 3. The Morgan fingerprint density at radius 1 is 1.23 bits per heavy atom. The van der Waals surface area contributed by atoms with Crippen LogP contribution in [0.15, 0.2) is 24.3 Å². The molecule has 3 N–H and O–H groups in total. The summed E-state index contributed by atoms with van der Waals surface area (Å²) in [5.41, 5.74) is 1.64. The van der Waals surface area contributed by atoms with Gasteiger partial charge in [-0.05, 0) is 43.6 Å². The molecule has 1 saturated heterocycles. The second kappa shape index (κ2) is 8.76. The number of benzene rings is 1. The van der Waals surface area contributed by atoms with Gasteiger partial charge < -0.3 is 16.0 Å². The summed E-state index contributed by atoms with van der Waals surface area (Å²) in [5, 5.41) is 8.89. The lowest BCUT2D eigenvalue weighted by atomic mass is 9.88. The third kappa shape index (κ3) is 4.71. The summed E-state index contributed by atoms with van der Waals surface area (Å²) >= 11 is 0. The van der Waals surface area contributed by atoms with Crippen molar-refractivity contribution in [2.75, 3.05) is 19.6 Å². The van der Waals surface area contributed by atoms with Crippen LogP contribution in [-0.4, -0.2) is 31.4 Å². The molecule has 1 fully saturated rings. The molecule has 1 aromatic rings. The topological polar surface area (TPSA) is 70.2 Å². The molecule has 1 unspecified atom stereocenters. The summed E-state index contributed by atoms with van der Waals surface area (Å²) in [6, 6.07) is 7.32. The SMILES string of the molecule is CCNC(=O)c1ccc(CNC(=O)C(C)C2CNC2)cc1.Cl. The van der Waals surface area contributed by atoms with Gasteiger partial charge in [-0.1, -0.05) is 19.1 Å². The van der Waals surface area contributed by atoms with Gasteiger partial charge in [-0.3, -0.25) is 9.59 Å². The van der Waals surface area contributed by atoms with Crippen molar-refractivity contribution < 1.29 is 9.59 Å². The molecule has 2 amide bonds. The van der Waals surface area contributed by atoms with E-state index in [4.69, 9.17) is 0 Å². The van der Waals surface area contributed by atoms with E-state index in [1.807, 2.05) is 26.0 Å². The fourth-order valence-electron chi connectivity index (χ4n) is 2.27. The van der Waals surface area contributed by atoms with E-state index in [1.54, 1.807) is 12.1 Å². The van der Waals surface area contributed by atoms with Crippen molar-refractivity contribution in [1.82, 2.24) is 16.0 Å². The minimum absolute atomic E-state index is 0. The molecule has 1 heterocycles. The zero-order chi connectivity index (χ0) is 15.2. The van der Waals surface area contributed by atoms with E-state index in [0.29, 0.717) is 24.6 Å². The summed E-state index contributed by atoms with van der Waals surface area (Å²) < 4.78 is 0. The standard InChI is InChI=1S/C16H23N3O2.ClH/c1-3-18-16(21)13-6-4-12(5-7-13)8-19-15(20)11(2)14-9-17-10-14;/h4-7,11,14,17H,3,8-10H2,1-2H3,(H,18,21)(H,19,20);1H. The van der Waals surface area contributed by atoms with Crippen LogP contribution < -0.4 is 16.0 Å². The van der Waals surface area contributed by atoms with E-state index in [0.717, 1.165) is 18.7 Å². The van der Waals surface area contributed by atoms with Crippen molar-refractivity contribution in [1.29, 1.82) is 0 Å². The molecule has 2 rings (SSSR count). The lowest BCUT2D eigenvalue weighted by Crippen LogP contribution is -2.49. The highest BCUT2D eigenvalue weighted by molar-refractivity contribution is 5.94. The Balaban J connectivity index is 0.00000242. The summed E-state index contributed by atoms with van der Waals surface area (Å²) in [6.45, 7) is 6.83. The first-order chi connectivity index (χ1) is 10.1. The predicted octanol–water partition coefficient (Wildman–Crippen LogP) is 1.33. The van der Waals surface area contributed by atoms with Gasteiger partial charge in [0.05, 0.1) is 0 Å². The van der Waals surface area contributed by atoms with Crippen molar-refractivity contribution in [3.63, 3.8) is 0 Å². The van der Waals surface area contributed by atoms with Gasteiger partial charge in [0, 0.05) is 24.6 Å². The number of halogens is 1. The van der Waals surface area contributed by atoms with Gasteiger partial charge in [0.1, 0.15) is 0 Å². The lowest BCUT2D eigenvalue weighted by Gasteiger charge is -2.31. The molecular formula is C16H24ClN3O2. The molecule has 0 radical (unpaired) electrons. The van der Waals surface area contributed by atoms with Crippen molar-refractivity contribution in [2.24, 2.45) is 11.8 Å². The third-order valence-electron chi connectivity index (χ3n) is 3.95. The Morgan fingerprint density at radius 3 is 2.36 bits per heavy atom. The van der Waals surface area contributed by atoms with E-state index in [1.165, 1.54) is 0 Å². The Labute approximate surface area is 137 Å². The molecule has 22 heavy (non-hydrogen) atoms. The summed E-state index contributed by atoms with van der Waals surface area (Å²) in [7, 11) is 0. The lowest BCUT2D eigenvalue weighted by molar-refractivity contribution is -0.126. The third-order valence-corrected chi connectivity index (χ3v) is 3.95. The fourth-order valence-corrected chi connectivity index (χ4v) is 2.27. The van der Waals surface area contributed by atoms with Crippen LogP contribution >= 0.6 is 12.4 Å². The van der Waals surface area contributed by atoms with Crippen LogP contribution in [0.25, 0.3) is 0 Å². The number of amides is 2. The Hall–Kier alpha value is -1.59. The average molecular weight is 326 g/mol. The van der Waals surface area contributed by atoms with Crippen LogP contribution in [0.2, 0.25) is 0 Å². The first kappa shape index (κ1) is 18.5. The zero-order valence-electron chi connectivity index (χ0n) is 13.0. The molecule has 6 heteroatoms. The number of nitrogens with one attached hydrogen (secondary N) is 3. The molecule has 0 aliphatic carbocycles. The normalized spacial score (nSPS) is 15.2. The highest BCUT2D eigenvalue weighted by Crippen LogP contribution is 2.16. The maximum absolute atomic E-state index is 12.0.